The van der Waals surface area contributed by atoms with Crippen molar-refractivity contribution in [3.05, 3.63) is 29.8 Å². The highest BCUT2D eigenvalue weighted by molar-refractivity contribution is 5.56. The lowest BCUT2D eigenvalue weighted by Gasteiger charge is -2.28. The van der Waals surface area contributed by atoms with Gasteiger partial charge >= 0.3 is 6.18 Å². The SMILES string of the molecule is OCC1CCCN1c1ccccc1C(F)(F)F. The van der Waals surface area contributed by atoms with E-state index < -0.39 is 11.7 Å². The van der Waals surface area contributed by atoms with E-state index in [-0.39, 0.29) is 18.3 Å². The van der Waals surface area contributed by atoms with Crippen molar-refractivity contribution < 1.29 is 18.3 Å². The molecule has 17 heavy (non-hydrogen) atoms. The van der Waals surface area contributed by atoms with Crippen molar-refractivity contribution in [2.75, 3.05) is 18.1 Å². The standard InChI is InChI=1S/C12H14F3NO/c13-12(14,15)10-5-1-2-6-11(10)16-7-3-4-9(16)8-17/h1-2,5-6,9,17H,3-4,7-8H2. The van der Waals surface area contributed by atoms with Crippen molar-refractivity contribution in [3.8, 4) is 0 Å². The molecule has 0 radical (unpaired) electrons. The summed E-state index contributed by atoms with van der Waals surface area (Å²) in [6.07, 6.45) is -2.79. The highest BCUT2D eigenvalue weighted by Gasteiger charge is 2.36. The molecule has 1 atom stereocenters. The van der Waals surface area contributed by atoms with E-state index in [0.29, 0.717) is 6.54 Å². The summed E-state index contributed by atoms with van der Waals surface area (Å²) in [5.74, 6) is 0. The Morgan fingerprint density at radius 2 is 2.00 bits per heavy atom. The van der Waals surface area contributed by atoms with E-state index in [1.165, 1.54) is 12.1 Å². The van der Waals surface area contributed by atoms with Gasteiger partial charge in [-0.2, -0.15) is 13.2 Å². The third-order valence-electron chi connectivity index (χ3n) is 3.11. The Morgan fingerprint density at radius 1 is 1.29 bits per heavy atom. The molecular formula is C12H14F3NO. The Labute approximate surface area is 97.7 Å². The molecule has 1 aliphatic rings. The lowest BCUT2D eigenvalue weighted by Crippen LogP contribution is -2.33. The smallest absolute Gasteiger partial charge is 0.394 e. The first-order valence-corrected chi connectivity index (χ1v) is 5.58. The number of aliphatic hydroxyl groups excluding tert-OH is 1. The van der Waals surface area contributed by atoms with Crippen LogP contribution in [0.3, 0.4) is 0 Å². The third kappa shape index (κ3) is 2.39. The highest BCUT2D eigenvalue weighted by Crippen LogP contribution is 2.38. The highest BCUT2D eigenvalue weighted by atomic mass is 19.4. The van der Waals surface area contributed by atoms with Crippen molar-refractivity contribution in [2.45, 2.75) is 25.1 Å². The van der Waals surface area contributed by atoms with Crippen LogP contribution < -0.4 is 4.90 Å². The minimum Gasteiger partial charge on any atom is -0.394 e. The summed E-state index contributed by atoms with van der Waals surface area (Å²) in [7, 11) is 0. The summed E-state index contributed by atoms with van der Waals surface area (Å²) in [4.78, 5) is 1.66. The van der Waals surface area contributed by atoms with Gasteiger partial charge in [0.1, 0.15) is 0 Å². The van der Waals surface area contributed by atoms with Crippen LogP contribution in [0.1, 0.15) is 18.4 Å². The molecule has 0 saturated carbocycles. The molecule has 0 bridgehead atoms. The normalized spacial score (nSPS) is 20.9. The molecule has 2 rings (SSSR count). The second kappa shape index (κ2) is 4.56. The van der Waals surface area contributed by atoms with E-state index >= 15 is 0 Å². The van der Waals surface area contributed by atoms with Gasteiger partial charge in [0.15, 0.2) is 0 Å². The molecule has 1 aromatic carbocycles. The van der Waals surface area contributed by atoms with Crippen LogP contribution in [-0.4, -0.2) is 24.3 Å². The third-order valence-corrected chi connectivity index (χ3v) is 3.11. The van der Waals surface area contributed by atoms with Gasteiger partial charge in [-0.15, -0.1) is 0 Å². The number of hydrogen-bond donors (Lipinski definition) is 1. The summed E-state index contributed by atoms with van der Waals surface area (Å²) in [6.45, 7) is 0.463. The monoisotopic (exact) mass is 245 g/mol. The topological polar surface area (TPSA) is 23.5 Å². The predicted octanol–water partition coefficient (Wildman–Crippen LogP) is 2.67. The van der Waals surface area contributed by atoms with Gasteiger partial charge in [0, 0.05) is 12.2 Å². The quantitative estimate of drug-likeness (QED) is 0.865. The van der Waals surface area contributed by atoms with Crippen molar-refractivity contribution >= 4 is 5.69 Å². The summed E-state index contributed by atoms with van der Waals surface area (Å²) in [5.41, 5.74) is -0.447. The molecule has 0 aromatic heterocycles. The molecule has 1 aromatic rings. The number of benzene rings is 1. The van der Waals surface area contributed by atoms with Gasteiger partial charge in [0.25, 0.3) is 0 Å². The zero-order valence-corrected chi connectivity index (χ0v) is 9.24. The van der Waals surface area contributed by atoms with Crippen molar-refractivity contribution in [1.29, 1.82) is 0 Å². The Hall–Kier alpha value is -1.23. The maximum absolute atomic E-state index is 12.8. The average Bonchev–Trinajstić information content (AvgIpc) is 2.75. The Morgan fingerprint density at radius 3 is 2.65 bits per heavy atom. The summed E-state index contributed by atoms with van der Waals surface area (Å²) in [5, 5.41) is 9.17. The molecule has 94 valence electrons. The summed E-state index contributed by atoms with van der Waals surface area (Å²) in [6, 6.07) is 5.34. The first-order chi connectivity index (χ1) is 8.04. The van der Waals surface area contributed by atoms with Gasteiger partial charge in [-0.1, -0.05) is 12.1 Å². The second-order valence-electron chi connectivity index (χ2n) is 4.19. The molecule has 1 aliphatic heterocycles. The van der Waals surface area contributed by atoms with Gasteiger partial charge in [-0.05, 0) is 25.0 Å². The van der Waals surface area contributed by atoms with Gasteiger partial charge in [0.05, 0.1) is 18.2 Å². The van der Waals surface area contributed by atoms with Crippen molar-refractivity contribution in [2.24, 2.45) is 0 Å². The Balaban J connectivity index is 2.38. The largest absolute Gasteiger partial charge is 0.418 e. The molecule has 1 fully saturated rings. The van der Waals surface area contributed by atoms with Crippen molar-refractivity contribution in [3.63, 3.8) is 0 Å². The molecule has 5 heteroatoms. The summed E-state index contributed by atoms with van der Waals surface area (Å²) >= 11 is 0. The van der Waals surface area contributed by atoms with E-state index in [0.717, 1.165) is 18.9 Å². The minimum atomic E-state index is -4.35. The lowest BCUT2D eigenvalue weighted by molar-refractivity contribution is -0.137. The number of halogens is 3. The Bertz CT molecular complexity index is 392. The van der Waals surface area contributed by atoms with E-state index in [9.17, 15) is 13.2 Å². The van der Waals surface area contributed by atoms with Crippen LogP contribution in [-0.2, 0) is 6.18 Å². The van der Waals surface area contributed by atoms with Gasteiger partial charge in [-0.25, -0.2) is 0 Å². The molecule has 1 heterocycles. The van der Waals surface area contributed by atoms with Gasteiger partial charge < -0.3 is 10.0 Å². The minimum absolute atomic E-state index is 0.105. The number of para-hydroxylation sites is 1. The molecule has 1 saturated heterocycles. The first kappa shape index (κ1) is 12.2. The maximum atomic E-state index is 12.8. The zero-order valence-electron chi connectivity index (χ0n) is 9.24. The fraction of sp³-hybridized carbons (Fsp3) is 0.500. The molecule has 1 unspecified atom stereocenters. The number of nitrogens with zero attached hydrogens (tertiary/aromatic N) is 1. The van der Waals surface area contributed by atoms with Crippen LogP contribution in [0.25, 0.3) is 0 Å². The number of rotatable bonds is 2. The molecule has 0 aliphatic carbocycles. The zero-order chi connectivity index (χ0) is 12.5. The van der Waals surface area contributed by atoms with E-state index in [1.807, 2.05) is 0 Å². The van der Waals surface area contributed by atoms with Crippen LogP contribution in [0, 0.1) is 0 Å². The number of anilines is 1. The van der Waals surface area contributed by atoms with Gasteiger partial charge in [-0.3, -0.25) is 0 Å². The molecule has 0 spiro atoms. The first-order valence-electron chi connectivity index (χ1n) is 5.58. The fourth-order valence-electron chi connectivity index (χ4n) is 2.31. The second-order valence-corrected chi connectivity index (χ2v) is 4.19. The molecule has 2 nitrogen and oxygen atoms in total. The van der Waals surface area contributed by atoms with E-state index in [1.54, 1.807) is 11.0 Å². The van der Waals surface area contributed by atoms with Crippen LogP contribution >= 0.6 is 0 Å². The van der Waals surface area contributed by atoms with Gasteiger partial charge in [0.2, 0.25) is 0 Å². The van der Waals surface area contributed by atoms with E-state index in [2.05, 4.69) is 0 Å². The number of hydrogen-bond acceptors (Lipinski definition) is 2. The number of alkyl halides is 3. The molecule has 1 N–H and O–H groups in total. The van der Waals surface area contributed by atoms with Crippen LogP contribution in [0.4, 0.5) is 18.9 Å². The van der Waals surface area contributed by atoms with Crippen LogP contribution in [0.5, 0.6) is 0 Å². The molecular weight excluding hydrogens is 231 g/mol. The summed E-state index contributed by atoms with van der Waals surface area (Å²) < 4.78 is 38.5. The average molecular weight is 245 g/mol. The maximum Gasteiger partial charge on any atom is 0.418 e. The number of aliphatic hydroxyl groups is 1. The van der Waals surface area contributed by atoms with Crippen molar-refractivity contribution in [1.82, 2.24) is 0 Å². The molecule has 0 amide bonds. The van der Waals surface area contributed by atoms with E-state index in [4.69, 9.17) is 5.11 Å². The fourth-order valence-corrected chi connectivity index (χ4v) is 2.31. The predicted molar refractivity (Wildman–Crippen MR) is 58.9 cm³/mol. The Kier molecular flexibility index (Phi) is 3.28. The van der Waals surface area contributed by atoms with Crippen LogP contribution in [0.2, 0.25) is 0 Å². The lowest BCUT2D eigenvalue weighted by atomic mass is 10.1. The van der Waals surface area contributed by atoms with Crippen LogP contribution in [0.15, 0.2) is 24.3 Å².